The molecule has 0 amide bonds. The van der Waals surface area contributed by atoms with Crippen LogP contribution in [0.4, 0.5) is 5.69 Å². The maximum Gasteiger partial charge on any atom is 0.288 e. The van der Waals surface area contributed by atoms with Gasteiger partial charge in [-0.05, 0) is 25.1 Å². The van der Waals surface area contributed by atoms with Crippen molar-refractivity contribution in [3.8, 4) is 0 Å². The topological polar surface area (TPSA) is 90.2 Å². The molecule has 3 aromatic rings. The molecule has 116 valence electrons. The quantitative estimate of drug-likeness (QED) is 0.543. The summed E-state index contributed by atoms with van der Waals surface area (Å²) in [7, 11) is -4.05. The molecule has 2 aromatic carbocycles. The number of hydrogen-bond acceptors (Lipinski definition) is 5. The molecule has 0 bridgehead atoms. The standard InChI is InChI=1S/C16H12N2O4S/c1-11-10-16(12-6-2-3-7-13(12)17-11)23(21,22)15-9-5-4-8-14(15)18(19)20/h2-10H,1H3. The lowest BCUT2D eigenvalue weighted by Gasteiger charge is -2.09. The van der Waals surface area contributed by atoms with Gasteiger partial charge in [-0.1, -0.05) is 30.3 Å². The number of nitro benzene ring substituents is 1. The monoisotopic (exact) mass is 328 g/mol. The number of para-hydroxylation sites is 2. The van der Waals surface area contributed by atoms with Crippen LogP contribution in [-0.4, -0.2) is 18.3 Å². The van der Waals surface area contributed by atoms with Gasteiger partial charge < -0.3 is 0 Å². The van der Waals surface area contributed by atoms with Gasteiger partial charge in [0.15, 0.2) is 0 Å². The molecule has 0 atom stereocenters. The molecular weight excluding hydrogens is 316 g/mol. The molecule has 1 aromatic heterocycles. The Morgan fingerprint density at radius 2 is 1.65 bits per heavy atom. The van der Waals surface area contributed by atoms with E-state index < -0.39 is 20.4 Å². The molecule has 1 heterocycles. The fourth-order valence-electron chi connectivity index (χ4n) is 2.45. The summed E-state index contributed by atoms with van der Waals surface area (Å²) >= 11 is 0. The second kappa shape index (κ2) is 5.44. The van der Waals surface area contributed by atoms with E-state index in [1.54, 1.807) is 31.2 Å². The smallest absolute Gasteiger partial charge is 0.258 e. The van der Waals surface area contributed by atoms with E-state index in [2.05, 4.69) is 4.98 Å². The van der Waals surface area contributed by atoms with Gasteiger partial charge in [-0.3, -0.25) is 15.1 Å². The number of nitrogens with zero attached hydrogens (tertiary/aromatic N) is 2. The third kappa shape index (κ3) is 2.55. The fraction of sp³-hybridized carbons (Fsp3) is 0.0625. The summed E-state index contributed by atoms with van der Waals surface area (Å²) in [6.45, 7) is 1.69. The summed E-state index contributed by atoms with van der Waals surface area (Å²) in [5.74, 6) is 0. The van der Waals surface area contributed by atoms with Crippen LogP contribution >= 0.6 is 0 Å². The first-order chi connectivity index (χ1) is 10.9. The predicted molar refractivity (Wildman–Crippen MR) is 85.0 cm³/mol. The maximum absolute atomic E-state index is 13.0. The molecule has 0 aliphatic carbocycles. The normalized spacial score (nSPS) is 11.5. The van der Waals surface area contributed by atoms with Crippen LogP contribution in [0.2, 0.25) is 0 Å². The van der Waals surface area contributed by atoms with Crippen LogP contribution in [0.15, 0.2) is 64.4 Å². The Hall–Kier alpha value is -2.80. The zero-order valence-corrected chi connectivity index (χ0v) is 12.9. The van der Waals surface area contributed by atoms with Gasteiger partial charge in [0.2, 0.25) is 9.84 Å². The molecule has 0 saturated carbocycles. The average molecular weight is 328 g/mol. The average Bonchev–Trinajstić information content (AvgIpc) is 2.54. The number of fused-ring (bicyclic) bond motifs is 1. The van der Waals surface area contributed by atoms with Gasteiger partial charge in [0.05, 0.1) is 15.3 Å². The fourth-order valence-corrected chi connectivity index (χ4v) is 4.15. The number of sulfone groups is 1. The van der Waals surface area contributed by atoms with Gasteiger partial charge in [-0.2, -0.15) is 0 Å². The Morgan fingerprint density at radius 1 is 1.00 bits per heavy atom. The molecule has 0 radical (unpaired) electrons. The first-order valence-electron chi connectivity index (χ1n) is 6.76. The Morgan fingerprint density at radius 3 is 2.39 bits per heavy atom. The molecule has 7 heteroatoms. The number of nitro groups is 1. The van der Waals surface area contributed by atoms with Crippen molar-refractivity contribution in [2.45, 2.75) is 16.7 Å². The van der Waals surface area contributed by atoms with Crippen molar-refractivity contribution in [1.82, 2.24) is 4.98 Å². The minimum absolute atomic E-state index is 0.0231. The van der Waals surface area contributed by atoms with E-state index in [-0.39, 0.29) is 9.79 Å². The lowest BCUT2D eigenvalue weighted by atomic mass is 10.2. The van der Waals surface area contributed by atoms with Crippen LogP contribution in [0.3, 0.4) is 0 Å². The molecule has 3 rings (SSSR count). The zero-order valence-electron chi connectivity index (χ0n) is 12.1. The van der Waals surface area contributed by atoms with Gasteiger partial charge in [-0.15, -0.1) is 0 Å². The highest BCUT2D eigenvalue weighted by atomic mass is 32.2. The van der Waals surface area contributed by atoms with Crippen molar-refractivity contribution in [3.63, 3.8) is 0 Å². The Labute approximate surface area is 132 Å². The Balaban J connectivity index is 2.37. The molecule has 0 fully saturated rings. The van der Waals surface area contributed by atoms with Gasteiger partial charge >= 0.3 is 0 Å². The van der Waals surface area contributed by atoms with E-state index in [4.69, 9.17) is 0 Å². The largest absolute Gasteiger partial charge is 0.288 e. The number of hydrogen-bond donors (Lipinski definition) is 0. The molecule has 6 nitrogen and oxygen atoms in total. The third-order valence-corrected chi connectivity index (χ3v) is 5.29. The number of aryl methyl sites for hydroxylation is 1. The molecule has 0 aliphatic rings. The van der Waals surface area contributed by atoms with E-state index in [1.165, 1.54) is 30.3 Å². The van der Waals surface area contributed by atoms with Gasteiger partial charge in [0.1, 0.15) is 4.90 Å². The Kier molecular flexibility index (Phi) is 3.57. The van der Waals surface area contributed by atoms with Crippen LogP contribution in [0.1, 0.15) is 5.69 Å². The molecule has 0 unspecified atom stereocenters. The second-order valence-corrected chi connectivity index (χ2v) is 6.89. The zero-order chi connectivity index (χ0) is 16.6. The van der Waals surface area contributed by atoms with Crippen LogP contribution in [-0.2, 0) is 9.84 Å². The summed E-state index contributed by atoms with van der Waals surface area (Å²) in [6.07, 6.45) is 0. The van der Waals surface area contributed by atoms with Crippen molar-refractivity contribution in [1.29, 1.82) is 0 Å². The van der Waals surface area contributed by atoms with Gasteiger partial charge in [0, 0.05) is 17.1 Å². The van der Waals surface area contributed by atoms with Crippen LogP contribution in [0.25, 0.3) is 10.9 Å². The van der Waals surface area contributed by atoms with Crippen molar-refractivity contribution in [2.24, 2.45) is 0 Å². The van der Waals surface area contributed by atoms with Crippen molar-refractivity contribution in [3.05, 3.63) is 70.4 Å². The number of benzene rings is 2. The second-order valence-electron chi connectivity index (χ2n) is 5.01. The predicted octanol–water partition coefficient (Wildman–Crippen LogP) is 3.28. The summed E-state index contributed by atoms with van der Waals surface area (Å²) in [5.41, 5.74) is 0.622. The highest BCUT2D eigenvalue weighted by Gasteiger charge is 2.28. The van der Waals surface area contributed by atoms with E-state index in [1.807, 2.05) is 0 Å². The van der Waals surface area contributed by atoms with Crippen LogP contribution < -0.4 is 0 Å². The van der Waals surface area contributed by atoms with Gasteiger partial charge in [0.25, 0.3) is 5.69 Å². The molecule has 0 aliphatic heterocycles. The molecule has 23 heavy (non-hydrogen) atoms. The number of rotatable bonds is 3. The third-order valence-electron chi connectivity index (χ3n) is 3.45. The van der Waals surface area contributed by atoms with Crippen molar-refractivity contribution >= 4 is 26.4 Å². The minimum Gasteiger partial charge on any atom is -0.258 e. The maximum atomic E-state index is 13.0. The summed E-state index contributed by atoms with van der Waals surface area (Å²) in [6, 6.07) is 13.6. The van der Waals surface area contributed by atoms with Gasteiger partial charge in [-0.25, -0.2) is 8.42 Å². The SMILES string of the molecule is Cc1cc(S(=O)(=O)c2ccccc2[N+](=O)[O-])c2ccccc2n1. The Bertz CT molecular complexity index is 1030. The number of pyridine rings is 1. The highest BCUT2D eigenvalue weighted by Crippen LogP contribution is 2.32. The molecule has 0 N–H and O–H groups in total. The van der Waals surface area contributed by atoms with E-state index in [0.717, 1.165) is 0 Å². The van der Waals surface area contributed by atoms with E-state index in [0.29, 0.717) is 16.6 Å². The van der Waals surface area contributed by atoms with E-state index in [9.17, 15) is 18.5 Å². The van der Waals surface area contributed by atoms with Crippen LogP contribution in [0.5, 0.6) is 0 Å². The lowest BCUT2D eigenvalue weighted by molar-refractivity contribution is -0.387. The first-order valence-corrected chi connectivity index (χ1v) is 8.24. The summed E-state index contributed by atoms with van der Waals surface area (Å²) < 4.78 is 26.0. The molecule has 0 spiro atoms. The lowest BCUT2D eigenvalue weighted by Crippen LogP contribution is -2.07. The van der Waals surface area contributed by atoms with Crippen molar-refractivity contribution < 1.29 is 13.3 Å². The highest BCUT2D eigenvalue weighted by molar-refractivity contribution is 7.91. The van der Waals surface area contributed by atoms with Crippen molar-refractivity contribution in [2.75, 3.05) is 0 Å². The molecular formula is C16H12N2O4S. The molecule has 0 saturated heterocycles. The van der Waals surface area contributed by atoms with E-state index >= 15 is 0 Å². The number of aromatic nitrogens is 1. The van der Waals surface area contributed by atoms with Crippen LogP contribution in [0, 0.1) is 17.0 Å². The first kappa shape index (κ1) is 15.1. The minimum atomic E-state index is -4.05. The summed E-state index contributed by atoms with van der Waals surface area (Å²) in [4.78, 5) is 14.5. The summed E-state index contributed by atoms with van der Waals surface area (Å²) in [5, 5.41) is 11.6.